The number of piperazine rings is 1. The highest BCUT2D eigenvalue weighted by atomic mass is 16.7. The summed E-state index contributed by atoms with van der Waals surface area (Å²) in [5, 5.41) is 6.10. The molecule has 248 valence electrons. The first-order chi connectivity index (χ1) is 22.8. The van der Waals surface area contributed by atoms with E-state index < -0.39 is 6.04 Å². The van der Waals surface area contributed by atoms with Gasteiger partial charge in [-0.05, 0) is 65.4 Å². The van der Waals surface area contributed by atoms with Crippen molar-refractivity contribution in [1.82, 2.24) is 15.1 Å². The summed E-state index contributed by atoms with van der Waals surface area (Å²) in [6.45, 7) is 5.09. The number of aryl methyl sites for hydroxylation is 1. The Balaban J connectivity index is 1.19. The third-order valence-corrected chi connectivity index (χ3v) is 8.91. The number of nitrogens with one attached hydrogen (secondary N) is 2. The molecule has 0 bridgehead atoms. The number of hydrogen-bond donors (Lipinski definition) is 2. The lowest BCUT2D eigenvalue weighted by Crippen LogP contribution is -2.49. The zero-order valence-corrected chi connectivity index (χ0v) is 27.1. The minimum absolute atomic E-state index is 0.0217. The molecule has 3 aromatic rings. The van der Waals surface area contributed by atoms with Crippen molar-refractivity contribution in [3.63, 3.8) is 0 Å². The Labute approximate surface area is 273 Å². The summed E-state index contributed by atoms with van der Waals surface area (Å²) in [6.07, 6.45) is 1.16. The van der Waals surface area contributed by atoms with Crippen LogP contribution in [0.4, 0.5) is 5.69 Å². The fourth-order valence-corrected chi connectivity index (χ4v) is 6.59. The average Bonchev–Trinajstić information content (AvgIpc) is 3.42. The molecule has 2 aliphatic heterocycles. The molecule has 0 spiro atoms. The quantitative estimate of drug-likeness (QED) is 0.358. The Bertz CT molecular complexity index is 1740. The molecule has 47 heavy (non-hydrogen) atoms. The number of methoxy groups -OCH3 is 3. The SMILES string of the molecule is COc1cc2c(c(OC)c1OC)-c1ccc(NCC(=O)N3CCN(Cc4ccc5c(c4)OCO5)CC3)c(=O)cc1[C@H](NC(C)=O)CC2. The van der Waals surface area contributed by atoms with Crippen LogP contribution in [0.1, 0.15) is 36.1 Å². The largest absolute Gasteiger partial charge is 0.493 e. The van der Waals surface area contributed by atoms with Crippen molar-refractivity contribution in [3.05, 3.63) is 69.4 Å². The molecule has 1 aliphatic carbocycles. The van der Waals surface area contributed by atoms with Crippen LogP contribution in [0.2, 0.25) is 0 Å². The first-order valence-electron chi connectivity index (χ1n) is 15.7. The van der Waals surface area contributed by atoms with Crippen LogP contribution in [0.3, 0.4) is 0 Å². The van der Waals surface area contributed by atoms with Gasteiger partial charge in [-0.1, -0.05) is 12.1 Å². The Kier molecular flexibility index (Phi) is 9.39. The summed E-state index contributed by atoms with van der Waals surface area (Å²) < 4.78 is 28.0. The monoisotopic (exact) mass is 644 g/mol. The number of rotatable bonds is 9. The summed E-state index contributed by atoms with van der Waals surface area (Å²) in [5.41, 5.74) is 4.23. The van der Waals surface area contributed by atoms with Crippen molar-refractivity contribution in [2.45, 2.75) is 32.4 Å². The molecule has 6 rings (SSSR count). The summed E-state index contributed by atoms with van der Waals surface area (Å²) >= 11 is 0. The second-order valence-electron chi connectivity index (χ2n) is 11.8. The second-order valence-corrected chi connectivity index (χ2v) is 11.8. The molecule has 3 aliphatic rings. The van der Waals surface area contributed by atoms with E-state index in [0.29, 0.717) is 48.7 Å². The fraction of sp³-hybridized carbons (Fsp3) is 0.400. The Hall–Kier alpha value is -4.97. The highest BCUT2D eigenvalue weighted by Gasteiger charge is 2.30. The molecule has 0 saturated carbocycles. The summed E-state index contributed by atoms with van der Waals surface area (Å²) in [6, 6.07) is 12.5. The number of ether oxygens (including phenoxy) is 5. The van der Waals surface area contributed by atoms with E-state index in [1.807, 2.05) is 35.2 Å². The first-order valence-corrected chi connectivity index (χ1v) is 15.7. The molecule has 2 amide bonds. The van der Waals surface area contributed by atoms with Crippen LogP contribution in [0.25, 0.3) is 11.1 Å². The van der Waals surface area contributed by atoms with E-state index in [2.05, 4.69) is 15.5 Å². The van der Waals surface area contributed by atoms with Gasteiger partial charge in [0.2, 0.25) is 29.8 Å². The average molecular weight is 645 g/mol. The minimum Gasteiger partial charge on any atom is -0.493 e. The first kappa shape index (κ1) is 32.0. The molecule has 2 heterocycles. The Morgan fingerprint density at radius 2 is 1.68 bits per heavy atom. The molecule has 0 aromatic heterocycles. The Morgan fingerprint density at radius 3 is 2.40 bits per heavy atom. The van der Waals surface area contributed by atoms with Gasteiger partial charge in [-0.25, -0.2) is 0 Å². The smallest absolute Gasteiger partial charge is 0.241 e. The topological polar surface area (TPSA) is 128 Å². The van der Waals surface area contributed by atoms with Gasteiger partial charge >= 0.3 is 0 Å². The third-order valence-electron chi connectivity index (χ3n) is 8.91. The lowest BCUT2D eigenvalue weighted by Gasteiger charge is -2.34. The molecular formula is C35H40N4O8. The van der Waals surface area contributed by atoms with Crippen molar-refractivity contribution in [2.24, 2.45) is 0 Å². The van der Waals surface area contributed by atoms with Crippen LogP contribution in [-0.2, 0) is 22.6 Å². The van der Waals surface area contributed by atoms with Gasteiger partial charge in [0.05, 0.1) is 39.6 Å². The molecule has 3 aromatic carbocycles. The van der Waals surface area contributed by atoms with E-state index in [4.69, 9.17) is 23.7 Å². The molecule has 12 heteroatoms. The predicted octanol–water partition coefficient (Wildman–Crippen LogP) is 3.35. The maximum Gasteiger partial charge on any atom is 0.241 e. The summed E-state index contributed by atoms with van der Waals surface area (Å²) in [5.74, 6) is 2.69. The lowest BCUT2D eigenvalue weighted by molar-refractivity contribution is -0.131. The van der Waals surface area contributed by atoms with Gasteiger partial charge < -0.3 is 39.2 Å². The highest BCUT2D eigenvalue weighted by molar-refractivity contribution is 5.84. The molecular weight excluding hydrogens is 604 g/mol. The van der Waals surface area contributed by atoms with E-state index >= 15 is 0 Å². The van der Waals surface area contributed by atoms with Gasteiger partial charge in [-0.15, -0.1) is 0 Å². The van der Waals surface area contributed by atoms with Gasteiger partial charge in [0.25, 0.3) is 0 Å². The third kappa shape index (κ3) is 6.64. The number of hydrogen-bond acceptors (Lipinski definition) is 10. The van der Waals surface area contributed by atoms with Crippen molar-refractivity contribution < 1.29 is 33.3 Å². The van der Waals surface area contributed by atoms with Gasteiger partial charge in [0.15, 0.2) is 23.0 Å². The van der Waals surface area contributed by atoms with Crippen molar-refractivity contribution in [3.8, 4) is 39.9 Å². The molecule has 0 unspecified atom stereocenters. The molecule has 2 N–H and O–H groups in total. The second kappa shape index (κ2) is 13.8. The van der Waals surface area contributed by atoms with Gasteiger partial charge in [-0.3, -0.25) is 19.3 Å². The number of carbonyl (C=O) groups excluding carboxylic acids is 2. The molecule has 1 atom stereocenters. The number of benzene rings is 2. The van der Waals surface area contributed by atoms with Crippen LogP contribution < -0.4 is 39.7 Å². The number of fused-ring (bicyclic) bond motifs is 4. The zero-order valence-electron chi connectivity index (χ0n) is 27.1. The zero-order chi connectivity index (χ0) is 33.1. The standard InChI is InChI=1S/C35H40N4O8/c1-21(40)37-26-8-6-23-16-31(43-2)34(44-3)35(45-4)33(23)24-7-9-27(28(41)17-25(24)26)36-18-32(42)39-13-11-38(12-14-39)19-22-5-10-29-30(15-22)47-20-46-29/h5,7,9-10,15-17,26H,6,8,11-14,18-20H2,1-4H3,(H,36,41)(H,37,40)/t26-/m1/s1. The van der Waals surface area contributed by atoms with Crippen molar-refractivity contribution in [1.29, 1.82) is 0 Å². The van der Waals surface area contributed by atoms with Crippen LogP contribution in [-0.4, -0.2) is 82.5 Å². The molecule has 1 fully saturated rings. The molecule has 0 radical (unpaired) electrons. The van der Waals surface area contributed by atoms with E-state index in [1.165, 1.54) is 6.92 Å². The van der Waals surface area contributed by atoms with E-state index in [1.54, 1.807) is 33.5 Å². The minimum atomic E-state index is -0.417. The fourth-order valence-electron chi connectivity index (χ4n) is 6.59. The van der Waals surface area contributed by atoms with Gasteiger partial charge in [0, 0.05) is 45.2 Å². The molecule has 12 nitrogen and oxygen atoms in total. The van der Waals surface area contributed by atoms with Gasteiger partial charge in [0.1, 0.15) is 0 Å². The number of carbonyl (C=O) groups is 2. The van der Waals surface area contributed by atoms with E-state index in [9.17, 15) is 14.4 Å². The normalized spacial score (nSPS) is 16.8. The number of amides is 2. The van der Waals surface area contributed by atoms with Crippen LogP contribution in [0, 0.1) is 0 Å². The highest BCUT2D eigenvalue weighted by Crippen LogP contribution is 2.50. The van der Waals surface area contributed by atoms with Crippen molar-refractivity contribution in [2.75, 3.05) is 66.2 Å². The van der Waals surface area contributed by atoms with Crippen LogP contribution in [0.5, 0.6) is 28.7 Å². The van der Waals surface area contributed by atoms with Gasteiger partial charge in [-0.2, -0.15) is 0 Å². The predicted molar refractivity (Wildman–Crippen MR) is 176 cm³/mol. The Morgan fingerprint density at radius 1 is 0.915 bits per heavy atom. The maximum absolute atomic E-state index is 13.6. The lowest BCUT2D eigenvalue weighted by atomic mass is 9.95. The molecule has 1 saturated heterocycles. The van der Waals surface area contributed by atoms with Crippen molar-refractivity contribution >= 4 is 17.5 Å². The van der Waals surface area contributed by atoms with Crippen LogP contribution in [0.15, 0.2) is 47.3 Å². The number of anilines is 1. The van der Waals surface area contributed by atoms with E-state index in [0.717, 1.165) is 53.4 Å². The summed E-state index contributed by atoms with van der Waals surface area (Å²) in [7, 11) is 4.67. The van der Waals surface area contributed by atoms with E-state index in [-0.39, 0.29) is 36.3 Å². The van der Waals surface area contributed by atoms with Crippen LogP contribution >= 0.6 is 0 Å². The number of nitrogens with zero attached hydrogens (tertiary/aromatic N) is 2. The summed E-state index contributed by atoms with van der Waals surface area (Å²) in [4.78, 5) is 43.2. The maximum atomic E-state index is 13.6.